The Morgan fingerprint density at radius 3 is 2.72 bits per heavy atom. The Balaban J connectivity index is 1.43. The van der Waals surface area contributed by atoms with Gasteiger partial charge in [0.05, 0.1) is 32.7 Å². The molecule has 0 saturated carbocycles. The molecule has 0 aliphatic rings. The van der Waals surface area contributed by atoms with E-state index in [2.05, 4.69) is 22.1 Å². The lowest BCUT2D eigenvalue weighted by atomic mass is 10.1. The van der Waals surface area contributed by atoms with Crippen LogP contribution in [0.3, 0.4) is 0 Å². The maximum atomic E-state index is 12.1. The summed E-state index contributed by atoms with van der Waals surface area (Å²) in [4.78, 5) is 16.4. The molecule has 0 aliphatic heterocycles. The highest BCUT2D eigenvalue weighted by Crippen LogP contribution is 2.27. The van der Waals surface area contributed by atoms with E-state index < -0.39 is 0 Å². The number of rotatable bonds is 7. The lowest BCUT2D eigenvalue weighted by molar-refractivity contribution is -0.120. The molecule has 1 heterocycles. The number of benzene rings is 2. The van der Waals surface area contributed by atoms with Crippen molar-refractivity contribution in [3.05, 3.63) is 60.3 Å². The molecule has 0 atom stereocenters. The largest absolute Gasteiger partial charge is 0.493 e. The van der Waals surface area contributed by atoms with Crippen molar-refractivity contribution in [3.63, 3.8) is 0 Å². The van der Waals surface area contributed by atoms with Crippen LogP contribution in [0.4, 0.5) is 0 Å². The van der Waals surface area contributed by atoms with Gasteiger partial charge in [-0.15, -0.1) is 0 Å². The number of amides is 1. The maximum absolute atomic E-state index is 12.1. The molecule has 0 fully saturated rings. The van der Waals surface area contributed by atoms with E-state index in [9.17, 15) is 4.79 Å². The monoisotopic (exact) mass is 390 g/mol. The van der Waals surface area contributed by atoms with Crippen molar-refractivity contribution in [2.45, 2.75) is 6.42 Å². The van der Waals surface area contributed by atoms with E-state index in [0.717, 1.165) is 16.5 Å². The van der Waals surface area contributed by atoms with Gasteiger partial charge in [0, 0.05) is 17.6 Å². The number of carbonyl (C=O) groups is 1. The molecule has 0 radical (unpaired) electrons. The standard InChI is InChI=1S/C23H22N2O4/c1-27-21-10-7-17(14-22(21)28-2)15-23(26)25-11-3-4-13-29-19-9-8-18-6-5-12-24-20(18)16-19/h5-10,12,14,16H,11,13,15H2,1-2H3,(H,25,26). The van der Waals surface area contributed by atoms with Gasteiger partial charge in [0.25, 0.3) is 0 Å². The molecule has 3 rings (SSSR count). The first-order valence-corrected chi connectivity index (χ1v) is 9.10. The predicted octanol–water partition coefficient (Wildman–Crippen LogP) is 2.99. The minimum Gasteiger partial charge on any atom is -0.493 e. The average Bonchev–Trinajstić information content (AvgIpc) is 2.75. The first-order valence-electron chi connectivity index (χ1n) is 9.10. The number of aromatic nitrogens is 1. The molecule has 6 heteroatoms. The van der Waals surface area contributed by atoms with E-state index in [1.54, 1.807) is 32.5 Å². The van der Waals surface area contributed by atoms with Crippen LogP contribution in [0.25, 0.3) is 10.9 Å². The summed E-state index contributed by atoms with van der Waals surface area (Å²) in [6.45, 7) is 0.499. The van der Waals surface area contributed by atoms with Gasteiger partial charge in [-0.3, -0.25) is 9.78 Å². The van der Waals surface area contributed by atoms with Gasteiger partial charge in [-0.2, -0.15) is 0 Å². The van der Waals surface area contributed by atoms with Crippen LogP contribution < -0.4 is 19.5 Å². The van der Waals surface area contributed by atoms with Crippen molar-refractivity contribution in [2.75, 3.05) is 27.4 Å². The third kappa shape index (κ3) is 5.63. The summed E-state index contributed by atoms with van der Waals surface area (Å²) < 4.78 is 16.1. The van der Waals surface area contributed by atoms with E-state index in [1.807, 2.05) is 36.4 Å². The number of fused-ring (bicyclic) bond motifs is 1. The fourth-order valence-corrected chi connectivity index (χ4v) is 2.75. The minimum absolute atomic E-state index is 0.118. The lowest BCUT2D eigenvalue weighted by Gasteiger charge is -2.09. The second-order valence-corrected chi connectivity index (χ2v) is 6.14. The molecule has 0 bridgehead atoms. The van der Waals surface area contributed by atoms with Crippen molar-refractivity contribution in [1.82, 2.24) is 10.3 Å². The Hall–Kier alpha value is -3.72. The quantitative estimate of drug-likeness (QED) is 0.628. The molecule has 0 aliphatic carbocycles. The highest BCUT2D eigenvalue weighted by atomic mass is 16.5. The number of ether oxygens (including phenoxy) is 3. The molecule has 29 heavy (non-hydrogen) atoms. The SMILES string of the molecule is COc1ccc(CC(=O)NCC#CCOc2ccc3cccnc3c2)cc1OC. The van der Waals surface area contributed by atoms with Gasteiger partial charge in [-0.05, 0) is 35.9 Å². The summed E-state index contributed by atoms with van der Waals surface area (Å²) in [5.74, 6) is 7.59. The normalized spacial score (nSPS) is 10.0. The summed E-state index contributed by atoms with van der Waals surface area (Å²) >= 11 is 0. The van der Waals surface area contributed by atoms with Crippen LogP contribution in [-0.4, -0.2) is 38.3 Å². The molecule has 1 N–H and O–H groups in total. The maximum Gasteiger partial charge on any atom is 0.225 e. The van der Waals surface area contributed by atoms with Crippen molar-refractivity contribution in [3.8, 4) is 29.1 Å². The van der Waals surface area contributed by atoms with Crippen LogP contribution in [-0.2, 0) is 11.2 Å². The Bertz CT molecular complexity index is 1050. The number of methoxy groups -OCH3 is 2. The van der Waals surface area contributed by atoms with Gasteiger partial charge in [0.15, 0.2) is 11.5 Å². The van der Waals surface area contributed by atoms with Crippen molar-refractivity contribution in [1.29, 1.82) is 0 Å². The number of hydrogen-bond acceptors (Lipinski definition) is 5. The Morgan fingerprint density at radius 2 is 1.90 bits per heavy atom. The highest BCUT2D eigenvalue weighted by Gasteiger charge is 2.07. The average molecular weight is 390 g/mol. The fraction of sp³-hybridized carbons (Fsp3) is 0.217. The molecule has 2 aromatic carbocycles. The third-order valence-electron chi connectivity index (χ3n) is 4.20. The lowest BCUT2D eigenvalue weighted by Crippen LogP contribution is -2.25. The molecular weight excluding hydrogens is 368 g/mol. The molecule has 0 unspecified atom stereocenters. The second-order valence-electron chi connectivity index (χ2n) is 6.14. The topological polar surface area (TPSA) is 69.7 Å². The highest BCUT2D eigenvalue weighted by molar-refractivity contribution is 5.80. The number of nitrogens with one attached hydrogen (secondary N) is 1. The van der Waals surface area contributed by atoms with Gasteiger partial charge in [-0.1, -0.05) is 24.0 Å². The van der Waals surface area contributed by atoms with E-state index >= 15 is 0 Å². The molecule has 0 spiro atoms. The second kappa shape index (κ2) is 10.00. The van der Waals surface area contributed by atoms with Crippen LogP contribution in [0, 0.1) is 11.8 Å². The fourth-order valence-electron chi connectivity index (χ4n) is 2.75. The summed E-state index contributed by atoms with van der Waals surface area (Å²) in [5, 5.41) is 3.83. The van der Waals surface area contributed by atoms with Crippen LogP contribution >= 0.6 is 0 Å². The summed E-state index contributed by atoms with van der Waals surface area (Å²) in [5.41, 5.74) is 1.71. The number of hydrogen-bond donors (Lipinski definition) is 1. The zero-order chi connectivity index (χ0) is 20.5. The van der Waals surface area contributed by atoms with E-state index in [0.29, 0.717) is 17.2 Å². The van der Waals surface area contributed by atoms with E-state index in [-0.39, 0.29) is 25.5 Å². The molecule has 1 amide bonds. The smallest absolute Gasteiger partial charge is 0.225 e. The van der Waals surface area contributed by atoms with Crippen LogP contribution in [0.2, 0.25) is 0 Å². The molecule has 6 nitrogen and oxygen atoms in total. The predicted molar refractivity (Wildman–Crippen MR) is 111 cm³/mol. The number of nitrogens with zero attached hydrogens (tertiary/aromatic N) is 1. The van der Waals surface area contributed by atoms with Crippen molar-refractivity contribution < 1.29 is 19.0 Å². The van der Waals surface area contributed by atoms with Crippen molar-refractivity contribution >= 4 is 16.8 Å². The Labute approximate surface area is 169 Å². The van der Waals surface area contributed by atoms with Gasteiger partial charge in [0.2, 0.25) is 5.91 Å². The summed E-state index contributed by atoms with van der Waals surface area (Å²) in [6.07, 6.45) is 1.99. The van der Waals surface area contributed by atoms with E-state index in [4.69, 9.17) is 14.2 Å². The number of carbonyl (C=O) groups excluding carboxylic acids is 1. The van der Waals surface area contributed by atoms with Crippen LogP contribution in [0.1, 0.15) is 5.56 Å². The van der Waals surface area contributed by atoms with Gasteiger partial charge in [0.1, 0.15) is 12.4 Å². The first kappa shape index (κ1) is 20.0. The van der Waals surface area contributed by atoms with Gasteiger partial charge >= 0.3 is 0 Å². The van der Waals surface area contributed by atoms with Gasteiger partial charge in [-0.25, -0.2) is 0 Å². The Kier molecular flexibility index (Phi) is 6.90. The Morgan fingerprint density at radius 1 is 1.03 bits per heavy atom. The zero-order valence-corrected chi connectivity index (χ0v) is 16.4. The molecule has 3 aromatic rings. The third-order valence-corrected chi connectivity index (χ3v) is 4.20. The molecule has 1 aromatic heterocycles. The summed E-state index contributed by atoms with van der Waals surface area (Å²) in [7, 11) is 3.14. The van der Waals surface area contributed by atoms with Crippen LogP contribution in [0.15, 0.2) is 54.7 Å². The zero-order valence-electron chi connectivity index (χ0n) is 16.4. The number of pyridine rings is 1. The van der Waals surface area contributed by atoms with Crippen LogP contribution in [0.5, 0.6) is 17.2 Å². The summed E-state index contributed by atoms with van der Waals surface area (Å²) in [6, 6.07) is 15.0. The van der Waals surface area contributed by atoms with Crippen molar-refractivity contribution in [2.24, 2.45) is 0 Å². The molecular formula is C23H22N2O4. The molecule has 148 valence electrons. The first-order chi connectivity index (χ1) is 14.2. The van der Waals surface area contributed by atoms with E-state index in [1.165, 1.54) is 0 Å². The van der Waals surface area contributed by atoms with Gasteiger partial charge < -0.3 is 19.5 Å². The minimum atomic E-state index is -0.118. The molecule has 0 saturated heterocycles.